The molecule has 0 unspecified atom stereocenters. The zero-order valence-electron chi connectivity index (χ0n) is 16.2. The molecule has 2 aliphatic heterocycles. The number of halogens is 3. The van der Waals surface area contributed by atoms with Crippen LogP contribution in [0.4, 0.5) is 19.1 Å². The number of pyridine rings is 1. The number of hydrogen-bond acceptors (Lipinski definition) is 8. The molecule has 3 aromatic rings. The van der Waals surface area contributed by atoms with Crippen molar-refractivity contribution in [2.45, 2.75) is 37.3 Å². The van der Waals surface area contributed by atoms with Gasteiger partial charge in [0.15, 0.2) is 11.5 Å². The summed E-state index contributed by atoms with van der Waals surface area (Å²) in [6.45, 7) is 0.920. The second-order valence-corrected chi connectivity index (χ2v) is 7.40. The van der Waals surface area contributed by atoms with Crippen LogP contribution in [-0.4, -0.2) is 56.5 Å². The van der Waals surface area contributed by atoms with Crippen molar-refractivity contribution in [3.05, 3.63) is 42.0 Å². The zero-order valence-corrected chi connectivity index (χ0v) is 16.2. The van der Waals surface area contributed by atoms with Gasteiger partial charge in [-0.2, -0.15) is 18.2 Å². The van der Waals surface area contributed by atoms with Gasteiger partial charge in [0, 0.05) is 31.5 Å². The molecular weight excluding hydrogens is 417 g/mol. The maximum Gasteiger partial charge on any atom is 0.423 e. The van der Waals surface area contributed by atoms with Crippen molar-refractivity contribution in [1.82, 2.24) is 24.6 Å². The molecule has 0 aliphatic carbocycles. The fourth-order valence-corrected chi connectivity index (χ4v) is 3.53. The van der Waals surface area contributed by atoms with Gasteiger partial charge in [0.25, 0.3) is 0 Å². The summed E-state index contributed by atoms with van der Waals surface area (Å²) in [7, 11) is 0. The Labute approximate surface area is 174 Å². The van der Waals surface area contributed by atoms with E-state index >= 15 is 0 Å². The van der Waals surface area contributed by atoms with E-state index in [9.17, 15) is 13.2 Å². The predicted octanol–water partition coefficient (Wildman–Crippen LogP) is 2.65. The van der Waals surface area contributed by atoms with Crippen molar-refractivity contribution >= 4 is 11.6 Å². The number of hydrogen-bond donors (Lipinski definition) is 1. The van der Waals surface area contributed by atoms with Crippen molar-refractivity contribution in [2.24, 2.45) is 0 Å². The van der Waals surface area contributed by atoms with Gasteiger partial charge >= 0.3 is 6.18 Å². The molecule has 31 heavy (non-hydrogen) atoms. The molecule has 0 saturated carbocycles. The molecular formula is C19H19F3N6O3. The molecule has 12 heteroatoms. The number of aromatic nitrogens is 5. The Kier molecular flexibility index (Phi) is 5.10. The lowest BCUT2D eigenvalue weighted by Crippen LogP contribution is -2.39. The SMILES string of the molecule is FC(F)(F)c1cnc(N[C@@H]2CCO[C@@H](c3nnc4ccccn34)C2)nc1OC1COC1. The minimum Gasteiger partial charge on any atom is -0.469 e. The van der Waals surface area contributed by atoms with Gasteiger partial charge in [0.05, 0.1) is 13.2 Å². The molecule has 0 bridgehead atoms. The fourth-order valence-electron chi connectivity index (χ4n) is 3.53. The van der Waals surface area contributed by atoms with Crippen molar-refractivity contribution in [3.63, 3.8) is 0 Å². The van der Waals surface area contributed by atoms with E-state index in [0.29, 0.717) is 30.9 Å². The molecule has 0 radical (unpaired) electrons. The number of nitrogens with one attached hydrogen (secondary N) is 1. The number of ether oxygens (including phenoxy) is 3. The second-order valence-electron chi connectivity index (χ2n) is 7.40. The predicted molar refractivity (Wildman–Crippen MR) is 101 cm³/mol. The summed E-state index contributed by atoms with van der Waals surface area (Å²) in [6, 6.07) is 5.48. The van der Waals surface area contributed by atoms with Crippen molar-refractivity contribution in [3.8, 4) is 5.88 Å². The minimum atomic E-state index is -4.61. The first-order valence-corrected chi connectivity index (χ1v) is 9.84. The summed E-state index contributed by atoms with van der Waals surface area (Å²) in [5.74, 6) is 0.245. The molecule has 0 spiro atoms. The van der Waals surface area contributed by atoms with Crippen LogP contribution >= 0.6 is 0 Å². The highest BCUT2D eigenvalue weighted by Crippen LogP contribution is 2.36. The number of fused-ring (bicyclic) bond motifs is 1. The maximum atomic E-state index is 13.3. The number of alkyl halides is 3. The normalized spacial score (nSPS) is 22.3. The quantitative estimate of drug-likeness (QED) is 0.652. The smallest absolute Gasteiger partial charge is 0.423 e. The lowest BCUT2D eigenvalue weighted by atomic mass is 10.0. The van der Waals surface area contributed by atoms with Gasteiger partial charge in [0.2, 0.25) is 11.8 Å². The molecule has 5 heterocycles. The van der Waals surface area contributed by atoms with Gasteiger partial charge in [-0.3, -0.25) is 4.40 Å². The average Bonchev–Trinajstić information content (AvgIpc) is 3.14. The van der Waals surface area contributed by atoms with Gasteiger partial charge < -0.3 is 19.5 Å². The van der Waals surface area contributed by atoms with E-state index in [1.165, 1.54) is 0 Å². The Hall–Kier alpha value is -2.99. The Balaban J connectivity index is 1.33. The second kappa shape index (κ2) is 7.93. The van der Waals surface area contributed by atoms with E-state index < -0.39 is 23.7 Å². The third-order valence-corrected chi connectivity index (χ3v) is 5.19. The van der Waals surface area contributed by atoms with Crippen LogP contribution in [-0.2, 0) is 15.7 Å². The standard InChI is InChI=1S/C19H19F3N6O3/c20-19(21,22)13-8-23-18(25-17(13)31-12-9-29-10-12)24-11-4-6-30-14(7-11)16-27-26-15-3-1-2-5-28(15)16/h1-3,5,8,11-12,14H,4,6-7,9-10H2,(H,23,24,25)/t11-,14-/m1/s1. The Morgan fingerprint density at radius 3 is 2.84 bits per heavy atom. The summed E-state index contributed by atoms with van der Waals surface area (Å²) in [6.07, 6.45) is -1.60. The van der Waals surface area contributed by atoms with Gasteiger partial charge in [-0.05, 0) is 18.6 Å². The molecule has 2 aliphatic rings. The summed E-state index contributed by atoms with van der Waals surface area (Å²) in [5, 5.41) is 11.5. The minimum absolute atomic E-state index is 0.0694. The monoisotopic (exact) mass is 436 g/mol. The van der Waals surface area contributed by atoms with Gasteiger partial charge in [-0.1, -0.05) is 6.07 Å². The lowest BCUT2D eigenvalue weighted by molar-refractivity contribution is -0.142. The molecule has 0 amide bonds. The van der Waals surface area contributed by atoms with Crippen LogP contribution in [0.3, 0.4) is 0 Å². The summed E-state index contributed by atoms with van der Waals surface area (Å²) in [4.78, 5) is 7.86. The Morgan fingerprint density at radius 2 is 2.06 bits per heavy atom. The Morgan fingerprint density at radius 1 is 1.19 bits per heavy atom. The molecule has 164 valence electrons. The number of anilines is 1. The first-order valence-electron chi connectivity index (χ1n) is 9.84. The molecule has 1 N–H and O–H groups in total. The van der Waals surface area contributed by atoms with Crippen LogP contribution in [0, 0.1) is 0 Å². The van der Waals surface area contributed by atoms with Crippen molar-refractivity contribution < 1.29 is 27.4 Å². The van der Waals surface area contributed by atoms with Crippen molar-refractivity contribution in [1.29, 1.82) is 0 Å². The average molecular weight is 436 g/mol. The first-order chi connectivity index (χ1) is 15.0. The molecule has 5 rings (SSSR count). The lowest BCUT2D eigenvalue weighted by Gasteiger charge is -2.30. The van der Waals surface area contributed by atoms with E-state index in [0.717, 1.165) is 6.20 Å². The molecule has 2 saturated heterocycles. The first kappa shape index (κ1) is 19.9. The van der Waals surface area contributed by atoms with Crippen molar-refractivity contribution in [2.75, 3.05) is 25.1 Å². The molecule has 3 aromatic heterocycles. The zero-order chi connectivity index (χ0) is 21.4. The van der Waals surface area contributed by atoms with E-state index in [4.69, 9.17) is 14.2 Å². The van der Waals surface area contributed by atoms with Crippen LogP contribution in [0.2, 0.25) is 0 Å². The number of rotatable bonds is 5. The van der Waals surface area contributed by atoms with Gasteiger partial charge in [-0.15, -0.1) is 10.2 Å². The molecule has 2 atom stereocenters. The maximum absolute atomic E-state index is 13.3. The summed E-state index contributed by atoms with van der Waals surface area (Å²) < 4.78 is 58.0. The van der Waals surface area contributed by atoms with Crippen LogP contribution in [0.5, 0.6) is 5.88 Å². The van der Waals surface area contributed by atoms with Crippen LogP contribution in [0.25, 0.3) is 5.65 Å². The van der Waals surface area contributed by atoms with E-state index in [2.05, 4.69) is 25.5 Å². The molecule has 9 nitrogen and oxygen atoms in total. The summed E-state index contributed by atoms with van der Waals surface area (Å²) in [5.41, 5.74) is -0.297. The highest BCUT2D eigenvalue weighted by Gasteiger charge is 2.38. The number of nitrogens with zero attached hydrogens (tertiary/aromatic N) is 5. The third-order valence-electron chi connectivity index (χ3n) is 5.19. The van der Waals surface area contributed by atoms with Gasteiger partial charge in [-0.25, -0.2) is 4.98 Å². The van der Waals surface area contributed by atoms with Crippen LogP contribution < -0.4 is 10.1 Å². The highest BCUT2D eigenvalue weighted by atomic mass is 19.4. The Bertz CT molecular complexity index is 1070. The van der Waals surface area contributed by atoms with E-state index in [-0.39, 0.29) is 31.3 Å². The van der Waals surface area contributed by atoms with E-state index in [1.54, 1.807) is 0 Å². The molecule has 0 aromatic carbocycles. The third kappa shape index (κ3) is 4.12. The van der Waals surface area contributed by atoms with E-state index in [1.807, 2.05) is 28.8 Å². The molecule has 2 fully saturated rings. The van der Waals surface area contributed by atoms with Crippen LogP contribution in [0.15, 0.2) is 30.6 Å². The largest absolute Gasteiger partial charge is 0.469 e. The van der Waals surface area contributed by atoms with Gasteiger partial charge in [0.1, 0.15) is 17.8 Å². The topological polar surface area (TPSA) is 95.7 Å². The summed E-state index contributed by atoms with van der Waals surface area (Å²) >= 11 is 0. The highest BCUT2D eigenvalue weighted by molar-refractivity contribution is 5.38. The fraction of sp³-hybridized carbons (Fsp3) is 0.474. The van der Waals surface area contributed by atoms with Crippen LogP contribution in [0.1, 0.15) is 30.3 Å².